The van der Waals surface area contributed by atoms with Crippen LogP contribution in [0.15, 0.2) is 24.3 Å². The van der Waals surface area contributed by atoms with E-state index < -0.39 is 15.6 Å². The fourth-order valence-electron chi connectivity index (χ4n) is 4.36. The number of aliphatic hydroxyl groups excluding tert-OH is 1. The summed E-state index contributed by atoms with van der Waals surface area (Å²) in [5, 5.41) is 19.8. The normalized spacial score (nSPS) is 26.4. The maximum absolute atomic E-state index is 12.5. The summed E-state index contributed by atoms with van der Waals surface area (Å²) in [7, 11) is -3.24. The molecule has 0 radical (unpaired) electrons. The molecule has 0 unspecified atom stereocenters. The first-order chi connectivity index (χ1) is 13.7. The molecule has 0 spiro atoms. The van der Waals surface area contributed by atoms with Gasteiger partial charge in [0.1, 0.15) is 5.60 Å². The van der Waals surface area contributed by atoms with Crippen molar-refractivity contribution in [2.75, 3.05) is 32.0 Å². The summed E-state index contributed by atoms with van der Waals surface area (Å²) < 4.78 is 26.7. The monoisotopic (exact) mass is 420 g/mol. The summed E-state index contributed by atoms with van der Waals surface area (Å²) in [4.78, 5) is 2.27. The lowest BCUT2D eigenvalue weighted by atomic mass is 9.74. The Kier molecular flexibility index (Phi) is 6.71. The fourth-order valence-corrected chi connectivity index (χ4v) is 5.51. The summed E-state index contributed by atoms with van der Waals surface area (Å²) >= 11 is 0. The van der Waals surface area contributed by atoms with E-state index in [1.165, 1.54) is 0 Å². The van der Waals surface area contributed by atoms with Crippen molar-refractivity contribution >= 4 is 10.0 Å². The Labute approximate surface area is 174 Å². The van der Waals surface area contributed by atoms with E-state index in [2.05, 4.69) is 16.7 Å². The molecule has 3 rings (SSSR count). The Balaban J connectivity index is 1.84. The second-order valence-corrected chi connectivity index (χ2v) is 10.7. The Hall–Kier alpha value is -1.43. The SMILES string of the molecule is CCS(=O)(=O)N1CCCCN2[C@@H](CO)[C@H](c3ccc(C#CC(C)(C)O)cc3)[C@@H]2C1. The van der Waals surface area contributed by atoms with E-state index in [0.717, 1.165) is 30.5 Å². The molecule has 2 saturated heterocycles. The first-order valence-electron chi connectivity index (χ1n) is 10.4. The molecule has 2 N–H and O–H groups in total. The molecule has 7 heteroatoms. The van der Waals surface area contributed by atoms with Crippen molar-refractivity contribution in [3.8, 4) is 11.8 Å². The van der Waals surface area contributed by atoms with E-state index in [1.807, 2.05) is 24.3 Å². The van der Waals surface area contributed by atoms with Crippen LogP contribution in [0.1, 0.15) is 50.7 Å². The van der Waals surface area contributed by atoms with Gasteiger partial charge in [-0.15, -0.1) is 0 Å². The second-order valence-electron chi connectivity index (χ2n) is 8.48. The Morgan fingerprint density at radius 3 is 2.41 bits per heavy atom. The molecular weight excluding hydrogens is 388 g/mol. The average molecular weight is 421 g/mol. The third-order valence-electron chi connectivity index (χ3n) is 5.90. The van der Waals surface area contributed by atoms with Crippen LogP contribution in [-0.4, -0.2) is 77.5 Å². The molecule has 0 aliphatic carbocycles. The molecule has 0 saturated carbocycles. The van der Waals surface area contributed by atoms with Gasteiger partial charge in [0.25, 0.3) is 0 Å². The zero-order valence-electron chi connectivity index (χ0n) is 17.5. The van der Waals surface area contributed by atoms with Gasteiger partial charge < -0.3 is 10.2 Å². The number of benzene rings is 1. The van der Waals surface area contributed by atoms with Crippen LogP contribution in [0.2, 0.25) is 0 Å². The Bertz CT molecular complexity index is 865. The third kappa shape index (κ3) is 5.01. The predicted molar refractivity (Wildman–Crippen MR) is 114 cm³/mol. The highest BCUT2D eigenvalue weighted by Gasteiger charge is 2.49. The molecule has 2 fully saturated rings. The number of sulfonamides is 1. The molecular formula is C22H32N2O4S. The standard InChI is InChI=1S/C22H32N2O4S/c1-4-29(27,28)23-13-5-6-14-24-19(15-23)21(20(24)16-25)18-9-7-17(8-10-18)11-12-22(2,3)26/h7-10,19-21,25-26H,4-6,13-16H2,1-3H3/t19-,20-,21+/m0/s1. The van der Waals surface area contributed by atoms with Crippen molar-refractivity contribution < 1.29 is 18.6 Å². The number of aliphatic hydroxyl groups is 2. The lowest BCUT2D eigenvalue weighted by Crippen LogP contribution is -2.67. The average Bonchev–Trinajstić information content (AvgIpc) is 2.65. The molecule has 0 amide bonds. The molecule has 0 aromatic heterocycles. The highest BCUT2D eigenvalue weighted by molar-refractivity contribution is 7.89. The first-order valence-corrected chi connectivity index (χ1v) is 12.0. The molecule has 160 valence electrons. The first kappa shape index (κ1) is 22.3. The lowest BCUT2D eigenvalue weighted by molar-refractivity contribution is -0.0553. The van der Waals surface area contributed by atoms with E-state index in [4.69, 9.17) is 0 Å². The molecule has 2 aliphatic rings. The van der Waals surface area contributed by atoms with Gasteiger partial charge in [-0.3, -0.25) is 4.90 Å². The minimum atomic E-state index is -3.24. The quantitative estimate of drug-likeness (QED) is 0.720. The van der Waals surface area contributed by atoms with Gasteiger partial charge in [-0.1, -0.05) is 24.0 Å². The number of hydrogen-bond donors (Lipinski definition) is 2. The van der Waals surface area contributed by atoms with Crippen LogP contribution in [0.25, 0.3) is 0 Å². The van der Waals surface area contributed by atoms with E-state index >= 15 is 0 Å². The Morgan fingerprint density at radius 1 is 1.17 bits per heavy atom. The number of nitrogens with zero attached hydrogens (tertiary/aromatic N) is 2. The topological polar surface area (TPSA) is 81.1 Å². The van der Waals surface area contributed by atoms with Gasteiger partial charge >= 0.3 is 0 Å². The number of rotatable bonds is 4. The summed E-state index contributed by atoms with van der Waals surface area (Å²) in [6, 6.07) is 7.95. The van der Waals surface area contributed by atoms with E-state index in [9.17, 15) is 18.6 Å². The van der Waals surface area contributed by atoms with Crippen molar-refractivity contribution in [1.82, 2.24) is 9.21 Å². The summed E-state index contributed by atoms with van der Waals surface area (Å²) in [5.41, 5.74) is 0.872. The van der Waals surface area contributed by atoms with Crippen LogP contribution in [0.3, 0.4) is 0 Å². The van der Waals surface area contributed by atoms with Crippen LogP contribution < -0.4 is 0 Å². The maximum Gasteiger partial charge on any atom is 0.213 e. The van der Waals surface area contributed by atoms with Crippen LogP contribution in [-0.2, 0) is 10.0 Å². The molecule has 0 bridgehead atoms. The van der Waals surface area contributed by atoms with Crippen molar-refractivity contribution in [2.45, 2.75) is 57.2 Å². The number of hydrogen-bond acceptors (Lipinski definition) is 5. The molecule has 2 aliphatic heterocycles. The second kappa shape index (κ2) is 8.75. The highest BCUT2D eigenvalue weighted by atomic mass is 32.2. The van der Waals surface area contributed by atoms with Crippen molar-refractivity contribution in [1.29, 1.82) is 0 Å². The van der Waals surface area contributed by atoms with E-state index in [-0.39, 0.29) is 30.4 Å². The van der Waals surface area contributed by atoms with Crippen LogP contribution in [0.5, 0.6) is 0 Å². The summed E-state index contributed by atoms with van der Waals surface area (Å²) in [6.07, 6.45) is 1.78. The lowest BCUT2D eigenvalue weighted by Gasteiger charge is -2.57. The Morgan fingerprint density at radius 2 is 1.83 bits per heavy atom. The van der Waals surface area contributed by atoms with Gasteiger partial charge in [0, 0.05) is 36.7 Å². The van der Waals surface area contributed by atoms with Crippen LogP contribution >= 0.6 is 0 Å². The van der Waals surface area contributed by atoms with Gasteiger partial charge in [-0.25, -0.2) is 12.7 Å². The third-order valence-corrected chi connectivity index (χ3v) is 7.75. The van der Waals surface area contributed by atoms with E-state index in [1.54, 1.807) is 25.1 Å². The minimum absolute atomic E-state index is 0.0117. The highest BCUT2D eigenvalue weighted by Crippen LogP contribution is 2.42. The van der Waals surface area contributed by atoms with Gasteiger partial charge in [-0.05, 0) is 57.9 Å². The van der Waals surface area contributed by atoms with Crippen molar-refractivity contribution in [2.24, 2.45) is 0 Å². The molecule has 6 nitrogen and oxygen atoms in total. The van der Waals surface area contributed by atoms with Crippen molar-refractivity contribution in [3.05, 3.63) is 35.4 Å². The maximum atomic E-state index is 12.5. The summed E-state index contributed by atoms with van der Waals surface area (Å²) in [6.45, 7) is 6.97. The molecule has 2 heterocycles. The van der Waals surface area contributed by atoms with Gasteiger partial charge in [-0.2, -0.15) is 0 Å². The minimum Gasteiger partial charge on any atom is -0.395 e. The largest absolute Gasteiger partial charge is 0.395 e. The van der Waals surface area contributed by atoms with Crippen LogP contribution in [0, 0.1) is 11.8 Å². The van der Waals surface area contributed by atoms with Gasteiger partial charge in [0.15, 0.2) is 0 Å². The van der Waals surface area contributed by atoms with Gasteiger partial charge in [0.05, 0.1) is 12.4 Å². The van der Waals surface area contributed by atoms with Crippen molar-refractivity contribution in [3.63, 3.8) is 0 Å². The fraction of sp³-hybridized carbons (Fsp3) is 0.636. The van der Waals surface area contributed by atoms with Gasteiger partial charge in [0.2, 0.25) is 10.0 Å². The zero-order valence-corrected chi connectivity index (χ0v) is 18.3. The zero-order chi connectivity index (χ0) is 21.2. The predicted octanol–water partition coefficient (Wildman–Crippen LogP) is 1.38. The smallest absolute Gasteiger partial charge is 0.213 e. The molecule has 1 aromatic carbocycles. The van der Waals surface area contributed by atoms with Crippen LogP contribution in [0.4, 0.5) is 0 Å². The molecule has 3 atom stereocenters. The molecule has 1 aromatic rings. The number of fused-ring (bicyclic) bond motifs is 1. The summed E-state index contributed by atoms with van der Waals surface area (Å²) in [5.74, 6) is 5.98. The molecule has 29 heavy (non-hydrogen) atoms. The van der Waals surface area contributed by atoms with E-state index in [0.29, 0.717) is 13.1 Å².